The maximum absolute atomic E-state index is 10.6. The fourth-order valence-corrected chi connectivity index (χ4v) is 2.23. The maximum atomic E-state index is 10.6. The molecule has 90 valence electrons. The second-order valence-electron chi connectivity index (χ2n) is 4.00. The summed E-state index contributed by atoms with van der Waals surface area (Å²) in [5.41, 5.74) is 0. The van der Waals surface area contributed by atoms with Crippen LogP contribution in [0.1, 0.15) is 6.42 Å². The van der Waals surface area contributed by atoms with E-state index < -0.39 is 4.92 Å². The van der Waals surface area contributed by atoms with Crippen LogP contribution in [0.5, 0.6) is 0 Å². The van der Waals surface area contributed by atoms with Crippen LogP contribution in [-0.4, -0.2) is 42.7 Å². The molecule has 2 saturated heterocycles. The van der Waals surface area contributed by atoms with Gasteiger partial charge in [0.1, 0.15) is 0 Å². The van der Waals surface area contributed by atoms with Crippen LogP contribution >= 0.6 is 11.6 Å². The Morgan fingerprint density at radius 1 is 1.75 bits per heavy atom. The average Bonchev–Trinajstić information content (AvgIpc) is 2.88. The van der Waals surface area contributed by atoms with Crippen LogP contribution in [0, 0.1) is 16.0 Å². The van der Waals surface area contributed by atoms with Crippen molar-refractivity contribution in [2.75, 3.05) is 32.8 Å². The molecule has 0 amide bonds. The quantitative estimate of drug-likeness (QED) is 0.449. The number of hydrogen-bond donors (Lipinski definition) is 1. The van der Waals surface area contributed by atoms with Gasteiger partial charge in [-0.15, -0.1) is 0 Å². The molecule has 0 aliphatic carbocycles. The number of halogens is 1. The number of nitro groups is 1. The van der Waals surface area contributed by atoms with Crippen molar-refractivity contribution in [3.63, 3.8) is 0 Å². The van der Waals surface area contributed by atoms with Gasteiger partial charge in [-0.2, -0.15) is 0 Å². The van der Waals surface area contributed by atoms with Crippen LogP contribution in [-0.2, 0) is 4.74 Å². The molecular formula is C9H14ClN3O3. The molecule has 2 heterocycles. The van der Waals surface area contributed by atoms with Crippen LogP contribution in [0.4, 0.5) is 0 Å². The van der Waals surface area contributed by atoms with Crippen molar-refractivity contribution in [3.8, 4) is 0 Å². The predicted octanol–water partition coefficient (Wildman–Crippen LogP) is 0.570. The molecule has 0 saturated carbocycles. The van der Waals surface area contributed by atoms with Crippen LogP contribution in [0.15, 0.2) is 11.0 Å². The lowest BCUT2D eigenvalue weighted by atomic mass is 10.1. The van der Waals surface area contributed by atoms with Crippen molar-refractivity contribution in [2.45, 2.75) is 6.42 Å². The Morgan fingerprint density at radius 3 is 3.19 bits per heavy atom. The van der Waals surface area contributed by atoms with Gasteiger partial charge in [0.25, 0.3) is 0 Å². The minimum atomic E-state index is -0.562. The second kappa shape index (κ2) is 4.88. The van der Waals surface area contributed by atoms with Gasteiger partial charge in [0.2, 0.25) is 0 Å². The van der Waals surface area contributed by atoms with Crippen LogP contribution in [0.3, 0.4) is 0 Å². The van der Waals surface area contributed by atoms with Crippen molar-refractivity contribution in [1.82, 2.24) is 10.2 Å². The van der Waals surface area contributed by atoms with E-state index in [2.05, 4.69) is 5.32 Å². The lowest BCUT2D eigenvalue weighted by molar-refractivity contribution is -0.414. The zero-order valence-corrected chi connectivity index (χ0v) is 9.57. The Bertz CT molecular complexity index is 315. The van der Waals surface area contributed by atoms with Gasteiger partial charge in [-0.05, 0) is 18.0 Å². The molecule has 0 aromatic rings. The van der Waals surface area contributed by atoms with E-state index in [-0.39, 0.29) is 5.16 Å². The molecule has 1 unspecified atom stereocenters. The lowest BCUT2D eigenvalue weighted by Gasteiger charge is -2.20. The fraction of sp³-hybridized carbons (Fsp3) is 0.778. The molecule has 2 fully saturated rings. The largest absolute Gasteiger partial charge is 0.381 e. The van der Waals surface area contributed by atoms with Crippen LogP contribution in [0.25, 0.3) is 0 Å². The molecule has 1 N–H and O–H groups in total. The van der Waals surface area contributed by atoms with E-state index in [1.165, 1.54) is 0 Å². The second-order valence-corrected chi connectivity index (χ2v) is 4.36. The van der Waals surface area contributed by atoms with Crippen molar-refractivity contribution < 1.29 is 9.66 Å². The zero-order chi connectivity index (χ0) is 11.5. The van der Waals surface area contributed by atoms with E-state index in [0.717, 1.165) is 32.7 Å². The molecule has 0 aromatic carbocycles. The first-order valence-corrected chi connectivity index (χ1v) is 5.67. The summed E-state index contributed by atoms with van der Waals surface area (Å²) in [7, 11) is 0. The standard InChI is InChI=1S/C9H14ClN3O3/c10-8(13(14)15)9-11-2-3-12(9)5-7-1-4-16-6-7/h7,11H,1-6H2. The average molecular weight is 248 g/mol. The van der Waals surface area contributed by atoms with Crippen LogP contribution in [0.2, 0.25) is 0 Å². The minimum Gasteiger partial charge on any atom is -0.381 e. The monoisotopic (exact) mass is 247 g/mol. The number of rotatable bonds is 3. The van der Waals surface area contributed by atoms with Gasteiger partial charge in [0.15, 0.2) is 5.82 Å². The van der Waals surface area contributed by atoms with E-state index >= 15 is 0 Å². The van der Waals surface area contributed by atoms with Gasteiger partial charge in [-0.1, -0.05) is 0 Å². The molecule has 0 radical (unpaired) electrons. The summed E-state index contributed by atoms with van der Waals surface area (Å²) in [6.07, 6.45) is 1.01. The topological polar surface area (TPSA) is 67.6 Å². The Morgan fingerprint density at radius 2 is 2.56 bits per heavy atom. The smallest absolute Gasteiger partial charge is 0.377 e. The third kappa shape index (κ3) is 2.38. The predicted molar refractivity (Wildman–Crippen MR) is 58.4 cm³/mol. The van der Waals surface area contributed by atoms with Gasteiger partial charge in [0.05, 0.1) is 11.5 Å². The molecule has 7 heteroatoms. The Hall–Kier alpha value is -1.01. The molecule has 6 nitrogen and oxygen atoms in total. The molecule has 0 aromatic heterocycles. The van der Waals surface area contributed by atoms with Crippen molar-refractivity contribution in [3.05, 3.63) is 21.1 Å². The normalized spacial score (nSPS) is 28.1. The molecular weight excluding hydrogens is 234 g/mol. The van der Waals surface area contributed by atoms with E-state index in [9.17, 15) is 10.1 Å². The van der Waals surface area contributed by atoms with E-state index in [1.54, 1.807) is 0 Å². The first-order valence-electron chi connectivity index (χ1n) is 5.29. The number of nitrogens with zero attached hydrogens (tertiary/aromatic N) is 2. The van der Waals surface area contributed by atoms with Crippen molar-refractivity contribution in [2.24, 2.45) is 5.92 Å². The summed E-state index contributed by atoms with van der Waals surface area (Å²) < 4.78 is 5.28. The summed E-state index contributed by atoms with van der Waals surface area (Å²) in [4.78, 5) is 12.0. The Balaban J connectivity index is 2.02. The SMILES string of the molecule is O=[N+]([O-])C(Cl)=C1NCCN1CC1CCOC1. The molecule has 2 rings (SSSR count). The summed E-state index contributed by atoms with van der Waals surface area (Å²) in [5, 5.41) is 13.2. The maximum Gasteiger partial charge on any atom is 0.377 e. The van der Waals surface area contributed by atoms with E-state index in [1.807, 2.05) is 4.90 Å². The molecule has 16 heavy (non-hydrogen) atoms. The summed E-state index contributed by atoms with van der Waals surface area (Å²) in [6, 6.07) is 0. The lowest BCUT2D eigenvalue weighted by Crippen LogP contribution is -2.28. The first-order chi connectivity index (χ1) is 7.68. The van der Waals surface area contributed by atoms with Crippen LogP contribution < -0.4 is 5.32 Å². The summed E-state index contributed by atoms with van der Waals surface area (Å²) in [6.45, 7) is 3.75. The van der Waals surface area contributed by atoms with E-state index in [4.69, 9.17) is 16.3 Å². The minimum absolute atomic E-state index is 0.323. The Kier molecular flexibility index (Phi) is 3.50. The number of ether oxygens (including phenoxy) is 1. The van der Waals surface area contributed by atoms with E-state index in [0.29, 0.717) is 18.3 Å². The molecule has 1 atom stereocenters. The molecule has 0 spiro atoms. The fourth-order valence-electron chi connectivity index (χ4n) is 2.04. The highest BCUT2D eigenvalue weighted by atomic mass is 35.5. The highest BCUT2D eigenvalue weighted by molar-refractivity contribution is 6.28. The van der Waals surface area contributed by atoms with Crippen molar-refractivity contribution >= 4 is 11.6 Å². The highest BCUT2D eigenvalue weighted by Gasteiger charge is 2.29. The number of nitrogens with one attached hydrogen (secondary N) is 1. The summed E-state index contributed by atoms with van der Waals surface area (Å²) in [5.74, 6) is 0.893. The molecule has 2 aliphatic rings. The van der Waals surface area contributed by atoms with Gasteiger partial charge in [-0.25, -0.2) is 0 Å². The number of hydrogen-bond acceptors (Lipinski definition) is 5. The van der Waals surface area contributed by atoms with Gasteiger partial charge >= 0.3 is 5.16 Å². The summed E-state index contributed by atoms with van der Waals surface area (Å²) >= 11 is 5.65. The van der Waals surface area contributed by atoms with Gasteiger partial charge in [-0.3, -0.25) is 10.1 Å². The first kappa shape index (κ1) is 11.5. The Labute approximate surface area is 98.3 Å². The van der Waals surface area contributed by atoms with Gasteiger partial charge in [0, 0.05) is 32.2 Å². The molecule has 0 bridgehead atoms. The zero-order valence-electron chi connectivity index (χ0n) is 8.82. The van der Waals surface area contributed by atoms with Crippen molar-refractivity contribution in [1.29, 1.82) is 0 Å². The third-order valence-corrected chi connectivity index (χ3v) is 3.17. The molecule has 2 aliphatic heterocycles. The highest BCUT2D eigenvalue weighted by Crippen LogP contribution is 2.21. The third-order valence-electron chi connectivity index (χ3n) is 2.85. The van der Waals surface area contributed by atoms with Gasteiger partial charge < -0.3 is 15.0 Å².